The van der Waals surface area contributed by atoms with Crippen LogP contribution >= 0.6 is 39.0 Å². The molecule has 3 heterocycles. The van der Waals surface area contributed by atoms with Crippen LogP contribution in [0, 0.1) is 0 Å². The summed E-state index contributed by atoms with van der Waals surface area (Å²) in [6.07, 6.45) is 1.15. The van der Waals surface area contributed by atoms with Crippen LogP contribution in [0.1, 0.15) is 25.2 Å². The molecule has 2 unspecified atom stereocenters. The summed E-state index contributed by atoms with van der Waals surface area (Å²) in [5.41, 5.74) is 0. The highest BCUT2D eigenvalue weighted by Gasteiger charge is 2.33. The lowest BCUT2D eigenvalue weighted by Gasteiger charge is -2.16. The lowest BCUT2D eigenvalue weighted by molar-refractivity contribution is 0.339. The molecule has 20 heavy (non-hydrogen) atoms. The van der Waals surface area contributed by atoms with Crippen molar-refractivity contribution in [1.29, 1.82) is 0 Å². The summed E-state index contributed by atoms with van der Waals surface area (Å²) in [6, 6.07) is 2.47. The molecule has 0 aromatic carbocycles. The second-order valence-corrected chi connectivity index (χ2v) is 7.69. The summed E-state index contributed by atoms with van der Waals surface area (Å²) in [6.45, 7) is 3.23. The van der Waals surface area contributed by atoms with Gasteiger partial charge in [-0.15, -0.1) is 11.3 Å². The van der Waals surface area contributed by atoms with E-state index in [4.69, 9.17) is 4.52 Å². The molecule has 2 atom stereocenters. The fourth-order valence-electron chi connectivity index (χ4n) is 2.24. The van der Waals surface area contributed by atoms with E-state index in [1.165, 1.54) is 0 Å². The molecule has 0 radical (unpaired) electrons. The molecule has 0 spiro atoms. The molecular formula is C13H16BrN3OS2. The zero-order valence-electron chi connectivity index (χ0n) is 11.1. The average Bonchev–Trinajstić information content (AvgIpc) is 3.15. The third-order valence-corrected chi connectivity index (χ3v) is 6.16. The molecule has 0 aliphatic carbocycles. The van der Waals surface area contributed by atoms with Crippen molar-refractivity contribution in [3.8, 4) is 10.7 Å². The molecule has 1 N–H and O–H groups in total. The van der Waals surface area contributed by atoms with Crippen LogP contribution in [0.15, 0.2) is 20.4 Å². The molecule has 1 fully saturated rings. The Morgan fingerprint density at radius 1 is 1.50 bits per heavy atom. The van der Waals surface area contributed by atoms with Gasteiger partial charge in [0.25, 0.3) is 0 Å². The van der Waals surface area contributed by atoms with E-state index in [2.05, 4.69) is 38.3 Å². The number of hydrogen-bond donors (Lipinski definition) is 1. The molecule has 1 aliphatic heterocycles. The Labute approximate surface area is 134 Å². The van der Waals surface area contributed by atoms with Gasteiger partial charge in [0.15, 0.2) is 0 Å². The molecule has 2 aromatic rings. The summed E-state index contributed by atoms with van der Waals surface area (Å²) in [4.78, 5) is 5.63. The van der Waals surface area contributed by atoms with Crippen LogP contribution in [-0.4, -0.2) is 34.2 Å². The van der Waals surface area contributed by atoms with Crippen LogP contribution in [0.5, 0.6) is 0 Å². The average molecular weight is 374 g/mol. The van der Waals surface area contributed by atoms with E-state index in [9.17, 15) is 0 Å². The van der Waals surface area contributed by atoms with Gasteiger partial charge in [-0.1, -0.05) is 12.1 Å². The van der Waals surface area contributed by atoms with Crippen LogP contribution in [0.25, 0.3) is 10.7 Å². The number of halogens is 1. The summed E-state index contributed by atoms with van der Waals surface area (Å²) < 4.78 is 6.56. The second kappa shape index (κ2) is 6.60. The number of hydrogen-bond acceptors (Lipinski definition) is 6. The molecule has 4 nitrogen and oxygen atoms in total. The Balaban J connectivity index is 1.75. The van der Waals surface area contributed by atoms with E-state index in [0.717, 1.165) is 39.7 Å². The highest BCUT2D eigenvalue weighted by Crippen LogP contribution is 2.34. The Morgan fingerprint density at radius 3 is 3.15 bits per heavy atom. The van der Waals surface area contributed by atoms with Crippen molar-refractivity contribution >= 4 is 39.0 Å². The third-order valence-electron chi connectivity index (χ3n) is 3.28. The highest BCUT2D eigenvalue weighted by molar-refractivity contribution is 9.10. The number of rotatable bonds is 5. The first kappa shape index (κ1) is 14.6. The fraction of sp³-hybridized carbons (Fsp3) is 0.538. The normalized spacial score (nSPS) is 22.5. The standard InChI is InChI=1S/C13H16BrN3OS2/c1-2-3-15-10-7-19-6-9(10)13-16-12(17-18-13)11-4-8(14)5-20-11/h4-5,9-10,15H,2-3,6-7H2,1H3. The van der Waals surface area contributed by atoms with Gasteiger partial charge < -0.3 is 9.84 Å². The van der Waals surface area contributed by atoms with Crippen molar-refractivity contribution in [1.82, 2.24) is 15.5 Å². The van der Waals surface area contributed by atoms with Gasteiger partial charge in [0, 0.05) is 27.4 Å². The van der Waals surface area contributed by atoms with Crippen molar-refractivity contribution in [2.45, 2.75) is 25.3 Å². The maximum absolute atomic E-state index is 5.50. The first-order valence-corrected chi connectivity index (χ1v) is 9.49. The molecule has 0 amide bonds. The van der Waals surface area contributed by atoms with Gasteiger partial charge in [0.2, 0.25) is 11.7 Å². The third kappa shape index (κ3) is 3.10. The van der Waals surface area contributed by atoms with Gasteiger partial charge in [0.05, 0.1) is 10.8 Å². The summed E-state index contributed by atoms with van der Waals surface area (Å²) in [5, 5.41) is 9.74. The first-order valence-electron chi connectivity index (χ1n) is 6.67. The minimum atomic E-state index is 0.330. The van der Waals surface area contributed by atoms with Gasteiger partial charge in [0.1, 0.15) is 0 Å². The lowest BCUT2D eigenvalue weighted by atomic mass is 10.0. The number of nitrogens with one attached hydrogen (secondary N) is 1. The van der Waals surface area contributed by atoms with Gasteiger partial charge >= 0.3 is 0 Å². The van der Waals surface area contributed by atoms with E-state index in [0.29, 0.717) is 17.8 Å². The van der Waals surface area contributed by atoms with Crippen LogP contribution in [0.2, 0.25) is 0 Å². The predicted octanol–water partition coefficient (Wildman–Crippen LogP) is 3.76. The molecule has 2 aromatic heterocycles. The van der Waals surface area contributed by atoms with Gasteiger partial charge in [-0.25, -0.2) is 0 Å². The molecule has 108 valence electrons. The minimum Gasteiger partial charge on any atom is -0.339 e. The molecule has 1 aliphatic rings. The molecule has 7 heteroatoms. The van der Waals surface area contributed by atoms with Gasteiger partial charge in [-0.05, 0) is 35.0 Å². The SMILES string of the molecule is CCCNC1CSCC1c1nc(-c2cc(Br)cs2)no1. The Kier molecular flexibility index (Phi) is 4.80. The Hall–Kier alpha value is -0.370. The van der Waals surface area contributed by atoms with Crippen molar-refractivity contribution in [2.24, 2.45) is 0 Å². The minimum absolute atomic E-state index is 0.330. The maximum atomic E-state index is 5.50. The van der Waals surface area contributed by atoms with Crippen molar-refractivity contribution in [3.63, 3.8) is 0 Å². The molecule has 3 rings (SSSR count). The number of aromatic nitrogens is 2. The summed E-state index contributed by atoms with van der Waals surface area (Å²) >= 11 is 7.02. The van der Waals surface area contributed by atoms with Crippen LogP contribution in [0.4, 0.5) is 0 Å². The fourth-order valence-corrected chi connectivity index (χ4v) is 4.97. The smallest absolute Gasteiger partial charge is 0.232 e. The van der Waals surface area contributed by atoms with Crippen molar-refractivity contribution in [2.75, 3.05) is 18.1 Å². The molecular weight excluding hydrogens is 358 g/mol. The monoisotopic (exact) mass is 373 g/mol. The van der Waals surface area contributed by atoms with Crippen molar-refractivity contribution < 1.29 is 4.52 Å². The van der Waals surface area contributed by atoms with Crippen LogP contribution in [0.3, 0.4) is 0 Å². The number of nitrogens with zero attached hydrogens (tertiary/aromatic N) is 2. The number of thiophene rings is 1. The van der Waals surface area contributed by atoms with Crippen LogP contribution < -0.4 is 5.32 Å². The van der Waals surface area contributed by atoms with E-state index in [1.807, 2.05) is 23.2 Å². The first-order chi connectivity index (χ1) is 9.78. The summed E-state index contributed by atoms with van der Waals surface area (Å²) in [7, 11) is 0. The Morgan fingerprint density at radius 2 is 2.40 bits per heavy atom. The molecule has 0 saturated carbocycles. The molecule has 1 saturated heterocycles. The van der Waals surface area contributed by atoms with E-state index in [1.54, 1.807) is 11.3 Å². The molecule has 0 bridgehead atoms. The Bertz CT molecular complexity index is 571. The van der Waals surface area contributed by atoms with Gasteiger partial charge in [-0.2, -0.15) is 16.7 Å². The maximum Gasteiger partial charge on any atom is 0.232 e. The number of thioether (sulfide) groups is 1. The topological polar surface area (TPSA) is 51.0 Å². The van der Waals surface area contributed by atoms with E-state index < -0.39 is 0 Å². The largest absolute Gasteiger partial charge is 0.339 e. The lowest BCUT2D eigenvalue weighted by Crippen LogP contribution is -2.34. The van der Waals surface area contributed by atoms with Gasteiger partial charge in [-0.3, -0.25) is 0 Å². The predicted molar refractivity (Wildman–Crippen MR) is 87.5 cm³/mol. The van der Waals surface area contributed by atoms with E-state index >= 15 is 0 Å². The highest BCUT2D eigenvalue weighted by atomic mass is 79.9. The van der Waals surface area contributed by atoms with Crippen LogP contribution in [-0.2, 0) is 0 Å². The quantitative estimate of drug-likeness (QED) is 0.864. The summed E-state index contributed by atoms with van der Waals surface area (Å²) in [5.74, 6) is 3.96. The van der Waals surface area contributed by atoms with E-state index in [-0.39, 0.29) is 0 Å². The second-order valence-electron chi connectivity index (χ2n) is 4.79. The van der Waals surface area contributed by atoms with Crippen molar-refractivity contribution in [3.05, 3.63) is 21.8 Å². The zero-order chi connectivity index (χ0) is 13.9. The zero-order valence-corrected chi connectivity index (χ0v) is 14.4.